The van der Waals surface area contributed by atoms with E-state index in [-0.39, 0.29) is 11.3 Å². The van der Waals surface area contributed by atoms with Gasteiger partial charge in [0.05, 0.1) is 6.61 Å². The average Bonchev–Trinajstić information content (AvgIpc) is 2.81. The molecule has 18 heavy (non-hydrogen) atoms. The van der Waals surface area contributed by atoms with E-state index in [1.54, 1.807) is 0 Å². The lowest BCUT2D eigenvalue weighted by atomic mass is 10.3. The highest BCUT2D eigenvalue weighted by molar-refractivity contribution is 6.28. The lowest BCUT2D eigenvalue weighted by Gasteiger charge is -2.15. The van der Waals surface area contributed by atoms with Gasteiger partial charge in [-0.3, -0.25) is 0 Å². The zero-order valence-corrected chi connectivity index (χ0v) is 11.3. The number of hydrogen-bond acceptors (Lipinski definition) is 5. The second kappa shape index (κ2) is 6.00. The van der Waals surface area contributed by atoms with Crippen LogP contribution in [0.3, 0.4) is 0 Å². The van der Waals surface area contributed by atoms with Gasteiger partial charge < -0.3 is 9.64 Å². The van der Waals surface area contributed by atoms with Gasteiger partial charge in [-0.05, 0) is 31.4 Å². The molecule has 5 nitrogen and oxygen atoms in total. The van der Waals surface area contributed by atoms with Crippen molar-refractivity contribution < 1.29 is 4.74 Å². The normalized spacial score (nSPS) is 14.9. The fraction of sp³-hybridized carbons (Fsp3) is 0.583. The summed E-state index contributed by atoms with van der Waals surface area (Å²) in [6.07, 6.45) is 3.10. The quantitative estimate of drug-likeness (QED) is 0.768. The molecular weight excluding hydrogens is 252 g/mol. The van der Waals surface area contributed by atoms with E-state index in [0.29, 0.717) is 12.6 Å². The molecule has 2 heterocycles. The van der Waals surface area contributed by atoms with E-state index < -0.39 is 0 Å². The highest BCUT2D eigenvalue weighted by Gasteiger charge is 2.17. The van der Waals surface area contributed by atoms with E-state index in [9.17, 15) is 0 Å². The standard InChI is InChI=1S/C12H17ClN4O/c1-9(2)5-8-18-12-15-10(13)14-11(16-12)17-6-3-4-7-17/h1,3-8H2,2H3. The van der Waals surface area contributed by atoms with E-state index in [1.165, 1.54) is 0 Å². The monoisotopic (exact) mass is 268 g/mol. The Balaban J connectivity index is 2.03. The Morgan fingerprint density at radius 1 is 1.33 bits per heavy atom. The second-order valence-corrected chi connectivity index (χ2v) is 4.77. The van der Waals surface area contributed by atoms with Gasteiger partial charge in [0.15, 0.2) is 0 Å². The van der Waals surface area contributed by atoms with Crippen LogP contribution in [0.5, 0.6) is 6.01 Å². The lowest BCUT2D eigenvalue weighted by Crippen LogP contribution is -2.21. The van der Waals surface area contributed by atoms with Gasteiger partial charge in [-0.2, -0.15) is 15.0 Å². The highest BCUT2D eigenvalue weighted by atomic mass is 35.5. The number of aromatic nitrogens is 3. The largest absolute Gasteiger partial charge is 0.463 e. The molecule has 0 amide bonds. The zero-order chi connectivity index (χ0) is 13.0. The third-order valence-electron chi connectivity index (χ3n) is 2.72. The number of halogens is 1. The molecule has 1 saturated heterocycles. The van der Waals surface area contributed by atoms with E-state index in [2.05, 4.69) is 26.4 Å². The predicted molar refractivity (Wildman–Crippen MR) is 71.2 cm³/mol. The van der Waals surface area contributed by atoms with Crippen molar-refractivity contribution in [2.24, 2.45) is 0 Å². The van der Waals surface area contributed by atoms with Crippen molar-refractivity contribution in [2.45, 2.75) is 26.2 Å². The van der Waals surface area contributed by atoms with Crippen LogP contribution >= 0.6 is 11.6 Å². The lowest BCUT2D eigenvalue weighted by molar-refractivity contribution is 0.295. The predicted octanol–water partition coefficient (Wildman–Crippen LogP) is 2.47. The minimum atomic E-state index is 0.178. The summed E-state index contributed by atoms with van der Waals surface area (Å²) in [5.41, 5.74) is 1.06. The maximum absolute atomic E-state index is 5.88. The summed E-state index contributed by atoms with van der Waals surface area (Å²) in [7, 11) is 0. The Bertz CT molecular complexity index is 432. The molecule has 1 aliphatic rings. The van der Waals surface area contributed by atoms with Gasteiger partial charge >= 0.3 is 6.01 Å². The molecule has 0 saturated carbocycles. The number of hydrogen-bond donors (Lipinski definition) is 0. The second-order valence-electron chi connectivity index (χ2n) is 4.44. The first-order valence-electron chi connectivity index (χ1n) is 6.09. The molecule has 0 N–H and O–H groups in total. The van der Waals surface area contributed by atoms with Crippen molar-refractivity contribution in [3.05, 3.63) is 17.4 Å². The third kappa shape index (κ3) is 3.57. The van der Waals surface area contributed by atoms with Gasteiger partial charge in [0.25, 0.3) is 0 Å². The summed E-state index contributed by atoms with van der Waals surface area (Å²) >= 11 is 5.88. The van der Waals surface area contributed by atoms with Crippen molar-refractivity contribution in [2.75, 3.05) is 24.6 Å². The Labute approximate surface area is 112 Å². The molecule has 1 fully saturated rings. The topological polar surface area (TPSA) is 51.1 Å². The first kappa shape index (κ1) is 13.1. The molecule has 0 unspecified atom stereocenters. The van der Waals surface area contributed by atoms with Crippen molar-refractivity contribution in [3.63, 3.8) is 0 Å². The number of nitrogens with zero attached hydrogens (tertiary/aromatic N) is 4. The molecule has 1 aromatic heterocycles. The third-order valence-corrected chi connectivity index (χ3v) is 2.89. The molecular formula is C12H17ClN4O. The van der Waals surface area contributed by atoms with Crippen LogP contribution in [0, 0.1) is 0 Å². The molecule has 0 aromatic carbocycles. The van der Waals surface area contributed by atoms with Crippen LogP contribution in [-0.2, 0) is 0 Å². The maximum atomic E-state index is 5.88. The van der Waals surface area contributed by atoms with Crippen molar-refractivity contribution in [1.82, 2.24) is 15.0 Å². The maximum Gasteiger partial charge on any atom is 0.322 e. The van der Waals surface area contributed by atoms with Gasteiger partial charge in [-0.25, -0.2) is 0 Å². The summed E-state index contributed by atoms with van der Waals surface area (Å²) in [6, 6.07) is 0.290. The molecule has 0 bridgehead atoms. The van der Waals surface area contributed by atoms with Crippen LogP contribution in [0.4, 0.5) is 5.95 Å². The van der Waals surface area contributed by atoms with Gasteiger partial charge in [0, 0.05) is 19.5 Å². The molecule has 0 radical (unpaired) electrons. The van der Waals surface area contributed by atoms with E-state index in [1.807, 2.05) is 6.92 Å². The van der Waals surface area contributed by atoms with Gasteiger partial charge in [0.1, 0.15) is 0 Å². The van der Waals surface area contributed by atoms with Crippen LogP contribution in [0.2, 0.25) is 5.28 Å². The first-order valence-corrected chi connectivity index (χ1v) is 6.46. The molecule has 1 aromatic rings. The fourth-order valence-electron chi connectivity index (χ4n) is 1.76. The Morgan fingerprint density at radius 3 is 2.72 bits per heavy atom. The summed E-state index contributed by atoms with van der Waals surface area (Å²) in [4.78, 5) is 14.5. The first-order chi connectivity index (χ1) is 8.65. The Kier molecular flexibility index (Phi) is 4.36. The van der Waals surface area contributed by atoms with Gasteiger partial charge in [-0.15, -0.1) is 6.58 Å². The molecule has 0 atom stereocenters. The van der Waals surface area contributed by atoms with Gasteiger partial charge in [0.2, 0.25) is 11.2 Å². The van der Waals surface area contributed by atoms with Crippen molar-refractivity contribution in [1.29, 1.82) is 0 Å². The summed E-state index contributed by atoms with van der Waals surface area (Å²) in [6.45, 7) is 8.21. The number of rotatable bonds is 5. The van der Waals surface area contributed by atoms with Gasteiger partial charge in [-0.1, -0.05) is 5.57 Å². The molecule has 6 heteroatoms. The minimum absolute atomic E-state index is 0.178. The molecule has 0 aliphatic carbocycles. The molecule has 1 aliphatic heterocycles. The number of anilines is 1. The zero-order valence-electron chi connectivity index (χ0n) is 10.5. The van der Waals surface area contributed by atoms with E-state index in [4.69, 9.17) is 16.3 Å². The Hall–Kier alpha value is -1.36. The smallest absolute Gasteiger partial charge is 0.322 e. The number of ether oxygens (including phenoxy) is 1. The average molecular weight is 269 g/mol. The summed E-state index contributed by atoms with van der Waals surface area (Å²) in [5.74, 6) is 0.609. The SMILES string of the molecule is C=C(C)CCOc1nc(Cl)nc(N2CCCC2)n1. The molecule has 98 valence electrons. The summed E-state index contributed by atoms with van der Waals surface area (Å²) < 4.78 is 5.46. The van der Waals surface area contributed by atoms with Crippen LogP contribution in [0.25, 0.3) is 0 Å². The van der Waals surface area contributed by atoms with Crippen LogP contribution in [0.15, 0.2) is 12.2 Å². The van der Waals surface area contributed by atoms with Crippen LogP contribution < -0.4 is 9.64 Å². The molecule has 0 spiro atoms. The minimum Gasteiger partial charge on any atom is -0.463 e. The highest BCUT2D eigenvalue weighted by Crippen LogP contribution is 2.19. The van der Waals surface area contributed by atoms with Crippen LogP contribution in [0.1, 0.15) is 26.2 Å². The fourth-order valence-corrected chi connectivity index (χ4v) is 1.91. The molecule has 2 rings (SSSR count). The summed E-state index contributed by atoms with van der Waals surface area (Å²) in [5, 5.41) is 0.178. The van der Waals surface area contributed by atoms with Crippen LogP contribution in [-0.4, -0.2) is 34.6 Å². The van der Waals surface area contributed by atoms with Crippen molar-refractivity contribution in [3.8, 4) is 6.01 Å². The van der Waals surface area contributed by atoms with Crippen molar-refractivity contribution >= 4 is 17.5 Å². The van der Waals surface area contributed by atoms with E-state index in [0.717, 1.165) is 37.9 Å². The van der Waals surface area contributed by atoms with E-state index >= 15 is 0 Å². The Morgan fingerprint density at radius 2 is 2.06 bits per heavy atom.